The Morgan fingerprint density at radius 3 is 2.53 bits per heavy atom. The number of anilines is 2. The Kier molecular flexibility index (Phi) is 9.13. The molecule has 0 spiro atoms. The summed E-state index contributed by atoms with van der Waals surface area (Å²) in [5.74, 6) is 0.964. The van der Waals surface area contributed by atoms with Gasteiger partial charge in [-0.2, -0.15) is 13.2 Å². The van der Waals surface area contributed by atoms with Crippen LogP contribution in [0.2, 0.25) is 0 Å². The van der Waals surface area contributed by atoms with Gasteiger partial charge in [0.15, 0.2) is 5.82 Å². The Balaban J connectivity index is 1.46. The summed E-state index contributed by atoms with van der Waals surface area (Å²) in [5.41, 5.74) is -0.128. The van der Waals surface area contributed by atoms with E-state index in [-0.39, 0.29) is 22.8 Å². The van der Waals surface area contributed by atoms with Gasteiger partial charge in [0.05, 0.1) is 16.8 Å². The third kappa shape index (κ3) is 7.98. The van der Waals surface area contributed by atoms with Gasteiger partial charge in [0.2, 0.25) is 5.95 Å². The molecule has 12 heteroatoms. The largest absolute Gasteiger partial charge is 0.444 e. The van der Waals surface area contributed by atoms with E-state index < -0.39 is 23.4 Å². The predicted molar refractivity (Wildman–Crippen MR) is 168 cm³/mol. The van der Waals surface area contributed by atoms with Gasteiger partial charge in [-0.15, -0.1) is 10.2 Å². The number of piperidine rings is 1. The van der Waals surface area contributed by atoms with Crippen LogP contribution in [-0.2, 0) is 10.9 Å². The predicted octanol–water partition coefficient (Wildman–Crippen LogP) is 7.19. The average molecular weight is 622 g/mol. The number of rotatable bonds is 7. The lowest BCUT2D eigenvalue weighted by molar-refractivity contribution is -0.137. The molecule has 1 saturated heterocycles. The molecule has 9 nitrogen and oxygen atoms in total. The molecule has 0 saturated carbocycles. The number of nitrogens with one attached hydrogen (secondary N) is 2. The van der Waals surface area contributed by atoms with Gasteiger partial charge in [-0.1, -0.05) is 43.4 Å². The summed E-state index contributed by atoms with van der Waals surface area (Å²) >= 11 is 0. The van der Waals surface area contributed by atoms with Gasteiger partial charge in [0, 0.05) is 36.5 Å². The van der Waals surface area contributed by atoms with Gasteiger partial charge in [0.1, 0.15) is 11.3 Å². The van der Waals surface area contributed by atoms with E-state index >= 15 is 0 Å². The van der Waals surface area contributed by atoms with Gasteiger partial charge >= 0.3 is 12.3 Å². The van der Waals surface area contributed by atoms with Gasteiger partial charge in [0.25, 0.3) is 0 Å². The van der Waals surface area contributed by atoms with Crippen molar-refractivity contribution in [2.45, 2.75) is 76.7 Å². The molecule has 0 unspecified atom stereocenters. The van der Waals surface area contributed by atoms with Crippen molar-refractivity contribution in [3.8, 4) is 22.5 Å². The van der Waals surface area contributed by atoms with Crippen LogP contribution in [0.15, 0.2) is 66.9 Å². The Bertz CT molecular complexity index is 1580. The highest BCUT2D eigenvalue weighted by molar-refractivity contribution is 5.81. The molecule has 1 amide bonds. The number of alkyl carbamates (subject to hydrolysis) is 1. The maximum Gasteiger partial charge on any atom is 0.416 e. The fourth-order valence-corrected chi connectivity index (χ4v) is 5.41. The van der Waals surface area contributed by atoms with Crippen molar-refractivity contribution in [2.75, 3.05) is 23.3 Å². The van der Waals surface area contributed by atoms with E-state index in [1.54, 1.807) is 18.3 Å². The molecule has 238 valence electrons. The number of nitrogens with zero attached hydrogens (tertiary/aromatic N) is 5. The number of hydrogen-bond acceptors (Lipinski definition) is 8. The molecule has 5 rings (SSSR count). The van der Waals surface area contributed by atoms with Crippen LogP contribution < -0.4 is 15.5 Å². The van der Waals surface area contributed by atoms with Crippen molar-refractivity contribution >= 4 is 17.9 Å². The molecule has 2 aliphatic rings. The van der Waals surface area contributed by atoms with Gasteiger partial charge < -0.3 is 20.3 Å². The van der Waals surface area contributed by atoms with Crippen molar-refractivity contribution in [2.24, 2.45) is 0 Å². The molecule has 3 aromatic rings. The zero-order valence-corrected chi connectivity index (χ0v) is 25.9. The first-order chi connectivity index (χ1) is 21.3. The minimum Gasteiger partial charge on any atom is -0.444 e. The number of allylic oxidation sites excluding steroid dienone is 2. The number of alkyl halides is 3. The van der Waals surface area contributed by atoms with Crippen LogP contribution in [-0.4, -0.2) is 56.5 Å². The Labute approximate surface area is 261 Å². The smallest absolute Gasteiger partial charge is 0.416 e. The first-order valence-electron chi connectivity index (χ1n) is 15.1. The third-order valence-corrected chi connectivity index (χ3v) is 7.85. The fraction of sp³-hybridized carbons (Fsp3) is 0.424. The minimum atomic E-state index is -4.51. The SMILES string of the molecule is CC[C@@]1(Nc2nccc(-c3cc(N4CCC(NC(=O)OC(C)(C)C)CC4)nnc3-c3cccc(C(F)(F)F)c3)n2)C=CC=CC1. The van der Waals surface area contributed by atoms with Crippen LogP contribution in [0, 0.1) is 0 Å². The highest BCUT2D eigenvalue weighted by Gasteiger charge is 2.31. The number of amides is 1. The number of halogens is 3. The summed E-state index contributed by atoms with van der Waals surface area (Å²) in [6.45, 7) is 8.71. The van der Waals surface area contributed by atoms with E-state index in [0.29, 0.717) is 49.0 Å². The quantitative estimate of drug-likeness (QED) is 0.286. The second-order valence-corrected chi connectivity index (χ2v) is 12.3. The van der Waals surface area contributed by atoms with Crippen LogP contribution in [0.4, 0.5) is 29.7 Å². The van der Waals surface area contributed by atoms with Crippen LogP contribution in [0.25, 0.3) is 22.5 Å². The lowest BCUT2D eigenvalue weighted by Crippen LogP contribution is -2.46. The Morgan fingerprint density at radius 1 is 1.09 bits per heavy atom. The summed E-state index contributed by atoms with van der Waals surface area (Å²) in [7, 11) is 0. The van der Waals surface area contributed by atoms with Gasteiger partial charge in [-0.3, -0.25) is 0 Å². The molecule has 1 aromatic carbocycles. The molecule has 1 aliphatic carbocycles. The molecule has 45 heavy (non-hydrogen) atoms. The van der Waals surface area contributed by atoms with E-state index in [4.69, 9.17) is 9.72 Å². The summed E-state index contributed by atoms with van der Waals surface area (Å²) in [6, 6.07) is 8.53. The summed E-state index contributed by atoms with van der Waals surface area (Å²) in [4.78, 5) is 23.6. The second kappa shape index (κ2) is 12.9. The summed E-state index contributed by atoms with van der Waals surface area (Å²) in [6.07, 6.45) is 7.70. The first-order valence-corrected chi connectivity index (χ1v) is 15.1. The molecule has 1 aliphatic heterocycles. The highest BCUT2D eigenvalue weighted by atomic mass is 19.4. The Hall–Kier alpha value is -4.48. The van der Waals surface area contributed by atoms with Crippen molar-refractivity contribution in [1.29, 1.82) is 0 Å². The molecule has 2 N–H and O–H groups in total. The topological polar surface area (TPSA) is 105 Å². The van der Waals surface area contributed by atoms with Crippen LogP contribution in [0.5, 0.6) is 0 Å². The number of ether oxygens (including phenoxy) is 1. The van der Waals surface area contributed by atoms with Crippen LogP contribution in [0.1, 0.15) is 58.9 Å². The normalized spacial score (nSPS) is 19.0. The third-order valence-electron chi connectivity index (χ3n) is 7.85. The van der Waals surface area contributed by atoms with Crippen LogP contribution in [0.3, 0.4) is 0 Å². The molecule has 1 atom stereocenters. The van der Waals surface area contributed by atoms with Crippen molar-refractivity contribution in [3.05, 3.63) is 72.5 Å². The first kappa shape index (κ1) is 31.9. The van der Waals surface area contributed by atoms with Crippen molar-refractivity contribution < 1.29 is 22.7 Å². The van der Waals surface area contributed by atoms with Crippen LogP contribution >= 0.6 is 0 Å². The Morgan fingerprint density at radius 2 is 1.87 bits per heavy atom. The van der Waals surface area contributed by atoms with Gasteiger partial charge in [-0.25, -0.2) is 14.8 Å². The minimum absolute atomic E-state index is 0.0574. The lowest BCUT2D eigenvalue weighted by atomic mass is 9.89. The summed E-state index contributed by atoms with van der Waals surface area (Å²) in [5, 5.41) is 15.3. The number of aromatic nitrogens is 4. The molecule has 2 aromatic heterocycles. The van der Waals surface area contributed by atoms with Crippen molar-refractivity contribution in [3.63, 3.8) is 0 Å². The molecule has 0 bridgehead atoms. The highest BCUT2D eigenvalue weighted by Crippen LogP contribution is 2.36. The van der Waals surface area contributed by atoms with E-state index in [1.807, 2.05) is 43.9 Å². The number of hydrogen-bond donors (Lipinski definition) is 2. The second-order valence-electron chi connectivity index (χ2n) is 12.3. The van der Waals surface area contributed by atoms with E-state index in [1.165, 1.54) is 6.07 Å². The standard InChI is InChI=1S/C33H38F3N7O2/c1-5-32(15-7-6-8-16-32)40-29-37-17-12-26(39-29)25-21-27(41-42-28(25)22-10-9-11-23(20-22)33(34,35)36)43-18-13-24(14-19-43)38-30(44)45-31(2,3)4/h6-12,15,17,20-21,24H,5,13-14,16,18-19H2,1-4H3,(H,38,44)(H,37,39,40)/t32-/m1/s1. The zero-order valence-electron chi connectivity index (χ0n) is 25.9. The number of benzene rings is 1. The van der Waals surface area contributed by atoms with E-state index in [2.05, 4.69) is 44.9 Å². The molecule has 1 fully saturated rings. The maximum atomic E-state index is 13.6. The number of carbonyl (C=O) groups excluding carboxylic acids is 1. The monoisotopic (exact) mass is 621 g/mol. The van der Waals surface area contributed by atoms with Crippen molar-refractivity contribution in [1.82, 2.24) is 25.5 Å². The van der Waals surface area contributed by atoms with Gasteiger partial charge in [-0.05, 0) is 70.7 Å². The lowest BCUT2D eigenvalue weighted by Gasteiger charge is -2.33. The average Bonchev–Trinajstić information content (AvgIpc) is 3.00. The molecular formula is C33H38F3N7O2. The summed E-state index contributed by atoms with van der Waals surface area (Å²) < 4.78 is 46.3. The zero-order chi connectivity index (χ0) is 32.2. The fourth-order valence-electron chi connectivity index (χ4n) is 5.41. The number of carbonyl (C=O) groups is 1. The maximum absolute atomic E-state index is 13.6. The van der Waals surface area contributed by atoms with E-state index in [0.717, 1.165) is 25.0 Å². The molecular weight excluding hydrogens is 583 g/mol. The molecule has 0 radical (unpaired) electrons. The molecule has 3 heterocycles. The van der Waals surface area contributed by atoms with E-state index in [9.17, 15) is 18.0 Å².